The smallest absolute Gasteiger partial charge is 0.288 e. The van der Waals surface area contributed by atoms with Gasteiger partial charge in [0.25, 0.3) is 5.91 Å². The molecule has 7 nitrogen and oxygen atoms in total. The first-order valence-corrected chi connectivity index (χ1v) is 8.47. The van der Waals surface area contributed by atoms with Crippen molar-refractivity contribution in [2.45, 2.75) is 19.9 Å². The average molecular weight is 343 g/mol. The molecule has 1 aromatic heterocycles. The zero-order valence-electron chi connectivity index (χ0n) is 14.2. The van der Waals surface area contributed by atoms with Gasteiger partial charge in [0.2, 0.25) is 12.6 Å². The number of rotatable bonds is 5. The number of aromatic nitrogens is 1. The second kappa shape index (κ2) is 6.76. The molecule has 0 aliphatic carbocycles. The number of oxazole rings is 1. The molecule has 25 heavy (non-hydrogen) atoms. The molecule has 0 bridgehead atoms. The van der Waals surface area contributed by atoms with Gasteiger partial charge in [-0.15, -0.1) is 0 Å². The van der Waals surface area contributed by atoms with Crippen molar-refractivity contribution in [1.29, 1.82) is 0 Å². The molecular weight excluding hydrogens is 322 g/mol. The molecule has 2 aromatic rings. The van der Waals surface area contributed by atoms with Gasteiger partial charge in [0.1, 0.15) is 0 Å². The fraction of sp³-hybridized carbons (Fsp3) is 0.444. The molecule has 0 spiro atoms. The molecule has 0 saturated carbocycles. The quantitative estimate of drug-likeness (QED) is 0.894. The maximum absolute atomic E-state index is 11.9. The Labute approximate surface area is 145 Å². The molecule has 2 aliphatic rings. The number of carbonyl (C=O) groups excluding carboxylic acids is 1. The summed E-state index contributed by atoms with van der Waals surface area (Å²) in [4.78, 5) is 18.1. The normalized spacial score (nSPS) is 19.3. The number of carbonyl (C=O) groups is 1. The van der Waals surface area contributed by atoms with E-state index < -0.39 is 0 Å². The Bertz CT molecular complexity index is 760. The third-order valence-corrected chi connectivity index (χ3v) is 4.80. The number of nitrogens with one attached hydrogen (secondary N) is 1. The van der Waals surface area contributed by atoms with Crippen molar-refractivity contribution in [3.8, 4) is 11.5 Å². The van der Waals surface area contributed by atoms with E-state index >= 15 is 0 Å². The van der Waals surface area contributed by atoms with Gasteiger partial charge in [0, 0.05) is 19.6 Å². The fourth-order valence-electron chi connectivity index (χ4n) is 3.37. The van der Waals surface area contributed by atoms with Crippen LogP contribution in [0.4, 0.5) is 0 Å². The molecule has 1 fully saturated rings. The largest absolute Gasteiger partial charge is 0.454 e. The van der Waals surface area contributed by atoms with E-state index in [1.54, 1.807) is 0 Å². The van der Waals surface area contributed by atoms with Crippen LogP contribution in [0.3, 0.4) is 0 Å². The molecule has 1 atom stereocenters. The fourth-order valence-corrected chi connectivity index (χ4v) is 3.37. The van der Waals surface area contributed by atoms with Crippen molar-refractivity contribution in [1.82, 2.24) is 15.2 Å². The van der Waals surface area contributed by atoms with Gasteiger partial charge in [0.05, 0.1) is 6.20 Å². The van der Waals surface area contributed by atoms with Gasteiger partial charge in [0.15, 0.2) is 17.9 Å². The Morgan fingerprint density at radius 2 is 2.20 bits per heavy atom. The lowest BCUT2D eigenvalue weighted by atomic mass is 10.1. The first kappa shape index (κ1) is 16.0. The molecule has 132 valence electrons. The predicted molar refractivity (Wildman–Crippen MR) is 89.5 cm³/mol. The molecule has 0 radical (unpaired) electrons. The van der Waals surface area contributed by atoms with Gasteiger partial charge in [-0.25, -0.2) is 4.98 Å². The summed E-state index contributed by atoms with van der Waals surface area (Å²) < 4.78 is 15.9. The number of hydrogen-bond donors (Lipinski definition) is 1. The standard InChI is InChI=1S/C18H21N3O4/c1-12-4-15-16(25-11-24-15)5-14(12)9-21-3-2-13(8-21)6-20-18(22)17-7-19-10-23-17/h4-5,7,10,13H,2-3,6,8-9,11H2,1H3,(H,20,22). The van der Waals surface area contributed by atoms with Crippen LogP contribution in [0.2, 0.25) is 0 Å². The van der Waals surface area contributed by atoms with Crippen LogP contribution in [0, 0.1) is 12.8 Å². The monoisotopic (exact) mass is 343 g/mol. The number of benzene rings is 1. The Balaban J connectivity index is 1.30. The third kappa shape index (κ3) is 3.46. The molecule has 1 amide bonds. The summed E-state index contributed by atoms with van der Waals surface area (Å²) in [6, 6.07) is 4.12. The van der Waals surface area contributed by atoms with Gasteiger partial charge in [-0.05, 0) is 49.1 Å². The summed E-state index contributed by atoms with van der Waals surface area (Å²) in [5.74, 6) is 2.15. The lowest BCUT2D eigenvalue weighted by molar-refractivity contribution is 0.0919. The van der Waals surface area contributed by atoms with Crippen molar-refractivity contribution in [2.24, 2.45) is 5.92 Å². The van der Waals surface area contributed by atoms with E-state index in [0.717, 1.165) is 37.6 Å². The number of ether oxygens (including phenoxy) is 2. The molecule has 4 rings (SSSR count). The highest BCUT2D eigenvalue weighted by Gasteiger charge is 2.25. The Morgan fingerprint density at radius 3 is 3.00 bits per heavy atom. The Kier molecular flexibility index (Phi) is 4.31. The van der Waals surface area contributed by atoms with Crippen LogP contribution in [-0.4, -0.2) is 42.2 Å². The van der Waals surface area contributed by atoms with Crippen molar-refractivity contribution >= 4 is 5.91 Å². The van der Waals surface area contributed by atoms with Crippen LogP contribution in [0.15, 0.2) is 29.1 Å². The maximum Gasteiger partial charge on any atom is 0.288 e. The average Bonchev–Trinajstić information content (AvgIpc) is 3.34. The molecular formula is C18H21N3O4. The van der Waals surface area contributed by atoms with Gasteiger partial charge in [-0.1, -0.05) is 0 Å². The highest BCUT2D eigenvalue weighted by molar-refractivity contribution is 5.90. The third-order valence-electron chi connectivity index (χ3n) is 4.80. The van der Waals surface area contributed by atoms with Crippen molar-refractivity contribution in [3.63, 3.8) is 0 Å². The summed E-state index contributed by atoms with van der Waals surface area (Å²) in [6.45, 7) is 5.92. The summed E-state index contributed by atoms with van der Waals surface area (Å²) in [6.07, 6.45) is 3.76. The minimum atomic E-state index is -0.206. The number of hydrogen-bond acceptors (Lipinski definition) is 6. The van der Waals surface area contributed by atoms with E-state index in [0.29, 0.717) is 19.3 Å². The van der Waals surface area contributed by atoms with Crippen LogP contribution in [0.25, 0.3) is 0 Å². The number of nitrogens with zero attached hydrogens (tertiary/aromatic N) is 2. The van der Waals surface area contributed by atoms with Crippen LogP contribution in [0.5, 0.6) is 11.5 Å². The molecule has 2 aliphatic heterocycles. The van der Waals surface area contributed by atoms with Gasteiger partial charge in [-0.2, -0.15) is 0 Å². The van der Waals surface area contributed by atoms with Crippen LogP contribution in [-0.2, 0) is 6.54 Å². The zero-order chi connectivity index (χ0) is 17.2. The minimum absolute atomic E-state index is 0.206. The van der Waals surface area contributed by atoms with Gasteiger partial charge >= 0.3 is 0 Å². The van der Waals surface area contributed by atoms with Crippen molar-refractivity contribution in [2.75, 3.05) is 26.4 Å². The molecule has 3 heterocycles. The topological polar surface area (TPSA) is 76.8 Å². The molecule has 7 heteroatoms. The van der Waals surface area contributed by atoms with Gasteiger partial charge < -0.3 is 19.2 Å². The Morgan fingerprint density at radius 1 is 1.36 bits per heavy atom. The molecule has 1 saturated heterocycles. The second-order valence-electron chi connectivity index (χ2n) is 6.60. The van der Waals surface area contributed by atoms with Crippen LogP contribution < -0.4 is 14.8 Å². The van der Waals surface area contributed by atoms with Crippen molar-refractivity contribution in [3.05, 3.63) is 41.6 Å². The Hall–Kier alpha value is -2.54. The van der Waals surface area contributed by atoms with E-state index in [-0.39, 0.29) is 11.7 Å². The molecule has 1 aromatic carbocycles. The molecule has 1 N–H and O–H groups in total. The van der Waals surface area contributed by atoms with E-state index in [9.17, 15) is 4.79 Å². The van der Waals surface area contributed by atoms with E-state index in [1.807, 2.05) is 6.07 Å². The number of amides is 1. The summed E-state index contributed by atoms with van der Waals surface area (Å²) >= 11 is 0. The summed E-state index contributed by atoms with van der Waals surface area (Å²) in [5, 5.41) is 2.92. The van der Waals surface area contributed by atoms with E-state index in [1.165, 1.54) is 23.7 Å². The second-order valence-corrected chi connectivity index (χ2v) is 6.60. The maximum atomic E-state index is 11.9. The van der Waals surface area contributed by atoms with Crippen molar-refractivity contribution < 1.29 is 18.7 Å². The highest BCUT2D eigenvalue weighted by atomic mass is 16.7. The highest BCUT2D eigenvalue weighted by Crippen LogP contribution is 2.35. The van der Waals surface area contributed by atoms with Gasteiger partial charge in [-0.3, -0.25) is 9.69 Å². The summed E-state index contributed by atoms with van der Waals surface area (Å²) in [5.41, 5.74) is 2.47. The SMILES string of the molecule is Cc1cc2c(cc1CN1CCC(CNC(=O)c3cnco3)C1)OCO2. The molecule has 1 unspecified atom stereocenters. The van der Waals surface area contributed by atoms with Crippen LogP contribution in [0.1, 0.15) is 28.1 Å². The zero-order valence-corrected chi connectivity index (χ0v) is 14.2. The lowest BCUT2D eigenvalue weighted by Gasteiger charge is -2.18. The lowest BCUT2D eigenvalue weighted by Crippen LogP contribution is -2.30. The van der Waals surface area contributed by atoms with E-state index in [2.05, 4.69) is 28.2 Å². The number of fused-ring (bicyclic) bond motifs is 1. The van der Waals surface area contributed by atoms with E-state index in [4.69, 9.17) is 13.9 Å². The van der Waals surface area contributed by atoms with Crippen LogP contribution >= 0.6 is 0 Å². The number of aryl methyl sites for hydroxylation is 1. The first-order chi connectivity index (χ1) is 12.2. The minimum Gasteiger partial charge on any atom is -0.454 e. The predicted octanol–water partition coefficient (Wildman–Crippen LogP) is 1.96. The number of likely N-dealkylation sites (tertiary alicyclic amines) is 1. The summed E-state index contributed by atoms with van der Waals surface area (Å²) in [7, 11) is 0. The first-order valence-electron chi connectivity index (χ1n) is 8.47.